The quantitative estimate of drug-likeness (QED) is 0.270. The first-order valence-electron chi connectivity index (χ1n) is 7.25. The maximum atomic E-state index is 12.7. The number of ketones is 3. The highest BCUT2D eigenvalue weighted by Gasteiger charge is 2.37. The number of thioether (sulfide) groups is 1. The SMILES string of the molecule is CCSCOc1c(Br)ccc(C(=O)C2C(=O)CCCC2=O)c1Br. The first kappa shape index (κ1) is 18.7. The molecule has 7 heteroatoms. The van der Waals surface area contributed by atoms with Gasteiger partial charge in [-0.15, -0.1) is 11.8 Å². The number of hydrogen-bond donors (Lipinski definition) is 0. The van der Waals surface area contributed by atoms with E-state index in [-0.39, 0.29) is 24.4 Å². The highest BCUT2D eigenvalue weighted by atomic mass is 79.9. The Labute approximate surface area is 156 Å². The molecule has 0 spiro atoms. The van der Waals surface area contributed by atoms with Crippen LogP contribution in [0.5, 0.6) is 5.75 Å². The van der Waals surface area contributed by atoms with E-state index in [1.165, 1.54) is 0 Å². The van der Waals surface area contributed by atoms with Gasteiger partial charge in [0.05, 0.1) is 8.95 Å². The predicted octanol–water partition coefficient (Wildman–Crippen LogP) is 4.42. The third-order valence-corrected chi connectivity index (χ3v) is 5.66. The van der Waals surface area contributed by atoms with Crippen LogP contribution in [0.1, 0.15) is 36.5 Å². The molecule has 0 radical (unpaired) electrons. The third-order valence-electron chi connectivity index (χ3n) is 3.56. The van der Waals surface area contributed by atoms with Gasteiger partial charge in [0, 0.05) is 18.4 Å². The molecule has 0 aliphatic heterocycles. The standard InChI is InChI=1S/C16H16Br2O4S/c1-2-23-8-22-16-10(17)7-6-9(14(16)18)15(21)13-11(19)4-3-5-12(13)20/h6-7,13H,2-5,8H2,1H3. The summed E-state index contributed by atoms with van der Waals surface area (Å²) in [6.45, 7) is 2.03. The first-order chi connectivity index (χ1) is 11.0. The van der Waals surface area contributed by atoms with Gasteiger partial charge in [-0.05, 0) is 56.2 Å². The zero-order valence-corrected chi connectivity index (χ0v) is 16.6. The van der Waals surface area contributed by atoms with Gasteiger partial charge in [0.15, 0.2) is 17.3 Å². The summed E-state index contributed by atoms with van der Waals surface area (Å²) < 4.78 is 6.87. The summed E-state index contributed by atoms with van der Waals surface area (Å²) in [6, 6.07) is 3.30. The van der Waals surface area contributed by atoms with Crippen LogP contribution in [0, 0.1) is 5.92 Å². The molecular formula is C16H16Br2O4S. The number of halogens is 2. The van der Waals surface area contributed by atoms with Gasteiger partial charge in [-0.3, -0.25) is 14.4 Å². The molecule has 1 fully saturated rings. The lowest BCUT2D eigenvalue weighted by Gasteiger charge is -2.20. The number of carbonyl (C=O) groups excluding carboxylic acids is 3. The number of benzene rings is 1. The fraction of sp³-hybridized carbons (Fsp3) is 0.438. The molecule has 0 bridgehead atoms. The van der Waals surface area contributed by atoms with Crippen molar-refractivity contribution in [3.05, 3.63) is 26.6 Å². The van der Waals surface area contributed by atoms with E-state index >= 15 is 0 Å². The van der Waals surface area contributed by atoms with Crippen LogP contribution in [-0.2, 0) is 9.59 Å². The Morgan fingerprint density at radius 3 is 2.52 bits per heavy atom. The second-order valence-corrected chi connectivity index (χ2v) is 7.95. The first-order valence-corrected chi connectivity index (χ1v) is 9.99. The maximum absolute atomic E-state index is 12.7. The molecule has 2 rings (SSSR count). The molecule has 0 atom stereocenters. The van der Waals surface area contributed by atoms with Crippen LogP contribution in [0.15, 0.2) is 21.1 Å². The molecule has 124 valence electrons. The van der Waals surface area contributed by atoms with Gasteiger partial charge in [-0.2, -0.15) is 0 Å². The third kappa shape index (κ3) is 4.25. The van der Waals surface area contributed by atoms with E-state index in [9.17, 15) is 14.4 Å². The van der Waals surface area contributed by atoms with Crippen molar-refractivity contribution < 1.29 is 19.1 Å². The fourth-order valence-corrected chi connectivity index (χ4v) is 4.13. The summed E-state index contributed by atoms with van der Waals surface area (Å²) in [4.78, 5) is 36.7. The summed E-state index contributed by atoms with van der Waals surface area (Å²) in [5.41, 5.74) is 0.304. The lowest BCUT2D eigenvalue weighted by Crippen LogP contribution is -2.35. The summed E-state index contributed by atoms with van der Waals surface area (Å²) >= 11 is 8.38. The molecule has 1 aromatic carbocycles. The summed E-state index contributed by atoms with van der Waals surface area (Å²) in [7, 11) is 0. The van der Waals surface area contributed by atoms with Gasteiger partial charge in [0.25, 0.3) is 0 Å². The van der Waals surface area contributed by atoms with Crippen LogP contribution >= 0.6 is 43.6 Å². The van der Waals surface area contributed by atoms with Crippen LogP contribution in [0.25, 0.3) is 0 Å². The van der Waals surface area contributed by atoms with Crippen LogP contribution in [0.2, 0.25) is 0 Å². The number of hydrogen-bond acceptors (Lipinski definition) is 5. The Hall–Kier alpha value is -0.660. The molecule has 0 aromatic heterocycles. The fourth-order valence-electron chi connectivity index (χ4n) is 2.39. The Kier molecular flexibility index (Phi) is 6.85. The minimum atomic E-state index is -1.17. The van der Waals surface area contributed by atoms with Crippen molar-refractivity contribution in [2.75, 3.05) is 11.7 Å². The van der Waals surface area contributed by atoms with Crippen molar-refractivity contribution in [3.8, 4) is 5.75 Å². The van der Waals surface area contributed by atoms with Crippen molar-refractivity contribution in [2.24, 2.45) is 5.92 Å². The van der Waals surface area contributed by atoms with Gasteiger partial charge in [-0.25, -0.2) is 0 Å². The second kappa shape index (κ2) is 8.44. The molecule has 4 nitrogen and oxygen atoms in total. The van der Waals surface area contributed by atoms with Crippen molar-refractivity contribution in [2.45, 2.75) is 26.2 Å². The molecule has 0 N–H and O–H groups in total. The number of carbonyl (C=O) groups is 3. The average Bonchev–Trinajstić information content (AvgIpc) is 2.50. The van der Waals surface area contributed by atoms with Crippen molar-refractivity contribution in [1.29, 1.82) is 0 Å². The maximum Gasteiger partial charge on any atom is 0.182 e. The van der Waals surface area contributed by atoms with E-state index in [1.807, 2.05) is 6.92 Å². The van der Waals surface area contributed by atoms with Gasteiger partial charge in [0.2, 0.25) is 0 Å². The van der Waals surface area contributed by atoms with Crippen molar-refractivity contribution >= 4 is 61.0 Å². The van der Waals surface area contributed by atoms with Crippen molar-refractivity contribution in [3.63, 3.8) is 0 Å². The zero-order chi connectivity index (χ0) is 17.0. The Bertz CT molecular complexity index is 629. The molecule has 23 heavy (non-hydrogen) atoms. The smallest absolute Gasteiger partial charge is 0.182 e. The lowest BCUT2D eigenvalue weighted by molar-refractivity contribution is -0.133. The molecule has 1 aromatic rings. The number of ether oxygens (including phenoxy) is 1. The van der Waals surface area contributed by atoms with E-state index in [1.54, 1.807) is 23.9 Å². The largest absolute Gasteiger partial charge is 0.481 e. The Balaban J connectivity index is 2.31. The lowest BCUT2D eigenvalue weighted by atomic mass is 9.81. The minimum absolute atomic E-state index is 0.285. The monoisotopic (exact) mass is 462 g/mol. The average molecular weight is 464 g/mol. The highest BCUT2D eigenvalue weighted by molar-refractivity contribution is 9.11. The molecule has 1 saturated carbocycles. The van der Waals surface area contributed by atoms with Crippen LogP contribution in [-0.4, -0.2) is 29.0 Å². The second-order valence-electron chi connectivity index (χ2n) is 5.08. The normalized spacial score (nSPS) is 15.8. The van der Waals surface area contributed by atoms with Gasteiger partial charge in [0.1, 0.15) is 17.6 Å². The molecule has 0 saturated heterocycles. The summed E-state index contributed by atoms with van der Waals surface area (Å²) in [5.74, 6) is -0.320. The molecule has 1 aliphatic rings. The highest BCUT2D eigenvalue weighted by Crippen LogP contribution is 2.38. The molecule has 0 heterocycles. The summed E-state index contributed by atoms with van der Waals surface area (Å²) in [6.07, 6.45) is 1.10. The van der Waals surface area contributed by atoms with Crippen LogP contribution in [0.4, 0.5) is 0 Å². The Morgan fingerprint density at radius 1 is 1.26 bits per heavy atom. The molecule has 0 amide bonds. The van der Waals surface area contributed by atoms with E-state index in [4.69, 9.17) is 4.74 Å². The van der Waals surface area contributed by atoms with Gasteiger partial charge in [-0.1, -0.05) is 6.92 Å². The topological polar surface area (TPSA) is 60.4 Å². The Morgan fingerprint density at radius 2 is 1.91 bits per heavy atom. The molecule has 1 aliphatic carbocycles. The van der Waals surface area contributed by atoms with Gasteiger partial charge < -0.3 is 4.74 Å². The van der Waals surface area contributed by atoms with E-state index < -0.39 is 11.7 Å². The van der Waals surface area contributed by atoms with E-state index in [0.717, 1.165) is 5.75 Å². The number of Topliss-reactive ketones (excluding diaryl/α,β-unsaturated/α-hetero) is 3. The van der Waals surface area contributed by atoms with Crippen molar-refractivity contribution in [1.82, 2.24) is 0 Å². The van der Waals surface area contributed by atoms with Crippen LogP contribution < -0.4 is 4.74 Å². The zero-order valence-electron chi connectivity index (χ0n) is 12.6. The minimum Gasteiger partial charge on any atom is -0.481 e. The molecular weight excluding hydrogens is 448 g/mol. The van der Waals surface area contributed by atoms with E-state index in [2.05, 4.69) is 31.9 Å². The number of rotatable bonds is 6. The summed E-state index contributed by atoms with van der Waals surface area (Å²) in [5, 5.41) is 0. The van der Waals surface area contributed by atoms with E-state index in [0.29, 0.717) is 32.6 Å². The predicted molar refractivity (Wildman–Crippen MR) is 97.2 cm³/mol. The van der Waals surface area contributed by atoms with Crippen LogP contribution in [0.3, 0.4) is 0 Å². The van der Waals surface area contributed by atoms with Gasteiger partial charge >= 0.3 is 0 Å². The molecule has 0 unspecified atom stereocenters.